The number of carbonyl (C=O) groups is 1. The average Bonchev–Trinajstić information content (AvgIpc) is 2.66. The molecule has 0 aliphatic rings. The molecule has 0 radical (unpaired) electrons. The average molecular weight is 351 g/mol. The van der Waals surface area contributed by atoms with Crippen LogP contribution in [0.1, 0.15) is 17.3 Å². The molecule has 1 aromatic heterocycles. The fourth-order valence-electron chi connectivity index (χ4n) is 2.36. The number of ether oxygens (including phenoxy) is 1. The SMILES string of the molecule is CCOc1ccc(Nc2cncc(C(=O)Nc3ccccc3F)c2)cc1. The summed E-state index contributed by atoms with van der Waals surface area (Å²) in [5, 5.41) is 5.71. The minimum Gasteiger partial charge on any atom is -0.494 e. The van der Waals surface area contributed by atoms with Crippen LogP contribution in [0.2, 0.25) is 0 Å². The van der Waals surface area contributed by atoms with Crippen LogP contribution in [0.5, 0.6) is 5.75 Å². The van der Waals surface area contributed by atoms with Crippen molar-refractivity contribution in [2.24, 2.45) is 0 Å². The van der Waals surface area contributed by atoms with Crippen molar-refractivity contribution in [3.8, 4) is 5.75 Å². The smallest absolute Gasteiger partial charge is 0.257 e. The topological polar surface area (TPSA) is 63.2 Å². The van der Waals surface area contributed by atoms with Crippen molar-refractivity contribution in [3.05, 3.63) is 78.4 Å². The lowest BCUT2D eigenvalue weighted by Gasteiger charge is -2.10. The van der Waals surface area contributed by atoms with E-state index in [9.17, 15) is 9.18 Å². The number of carbonyl (C=O) groups excluding carboxylic acids is 1. The summed E-state index contributed by atoms with van der Waals surface area (Å²) in [6.07, 6.45) is 3.04. The van der Waals surface area contributed by atoms with Crippen molar-refractivity contribution in [2.75, 3.05) is 17.2 Å². The summed E-state index contributed by atoms with van der Waals surface area (Å²) in [5.74, 6) is -0.135. The number of benzene rings is 2. The largest absolute Gasteiger partial charge is 0.494 e. The van der Waals surface area contributed by atoms with Gasteiger partial charge in [-0.15, -0.1) is 0 Å². The van der Waals surface area contributed by atoms with Gasteiger partial charge < -0.3 is 15.4 Å². The molecule has 3 aromatic rings. The number of halogens is 1. The molecule has 6 heteroatoms. The number of nitrogens with one attached hydrogen (secondary N) is 2. The van der Waals surface area contributed by atoms with Crippen LogP contribution in [0.3, 0.4) is 0 Å². The molecule has 5 nitrogen and oxygen atoms in total. The molecule has 0 saturated carbocycles. The van der Waals surface area contributed by atoms with Crippen LogP contribution in [0.15, 0.2) is 67.0 Å². The van der Waals surface area contributed by atoms with E-state index in [0.717, 1.165) is 11.4 Å². The lowest BCUT2D eigenvalue weighted by atomic mass is 10.2. The van der Waals surface area contributed by atoms with Gasteiger partial charge in [-0.3, -0.25) is 9.78 Å². The maximum absolute atomic E-state index is 13.7. The summed E-state index contributed by atoms with van der Waals surface area (Å²) < 4.78 is 19.1. The number of rotatable bonds is 6. The number of pyridine rings is 1. The number of nitrogens with zero attached hydrogens (tertiary/aromatic N) is 1. The molecule has 132 valence electrons. The van der Waals surface area contributed by atoms with Crippen LogP contribution in [-0.4, -0.2) is 17.5 Å². The van der Waals surface area contributed by atoms with Crippen molar-refractivity contribution in [1.82, 2.24) is 4.98 Å². The van der Waals surface area contributed by atoms with E-state index in [1.165, 1.54) is 18.3 Å². The maximum atomic E-state index is 13.7. The van der Waals surface area contributed by atoms with E-state index < -0.39 is 11.7 Å². The first-order chi connectivity index (χ1) is 12.7. The lowest BCUT2D eigenvalue weighted by Crippen LogP contribution is -2.13. The van der Waals surface area contributed by atoms with E-state index in [4.69, 9.17) is 4.74 Å². The minimum absolute atomic E-state index is 0.127. The second-order valence-corrected chi connectivity index (χ2v) is 5.48. The quantitative estimate of drug-likeness (QED) is 0.680. The van der Waals surface area contributed by atoms with Crippen LogP contribution < -0.4 is 15.4 Å². The first-order valence-corrected chi connectivity index (χ1v) is 8.16. The molecule has 0 bridgehead atoms. The predicted molar refractivity (Wildman–Crippen MR) is 99.5 cm³/mol. The Morgan fingerprint density at radius 1 is 1.08 bits per heavy atom. The van der Waals surface area contributed by atoms with E-state index in [1.54, 1.807) is 24.4 Å². The molecular weight excluding hydrogens is 333 g/mol. The van der Waals surface area contributed by atoms with Gasteiger partial charge in [0.1, 0.15) is 11.6 Å². The summed E-state index contributed by atoms with van der Waals surface area (Å²) in [5.41, 5.74) is 1.93. The number of anilines is 3. The Morgan fingerprint density at radius 2 is 1.85 bits per heavy atom. The molecule has 3 rings (SSSR count). The van der Waals surface area contributed by atoms with Crippen LogP contribution in [0.4, 0.5) is 21.5 Å². The zero-order chi connectivity index (χ0) is 18.4. The summed E-state index contributed by atoms with van der Waals surface area (Å²) in [6, 6.07) is 15.1. The molecule has 0 unspecified atom stereocenters. The highest BCUT2D eigenvalue weighted by molar-refractivity contribution is 6.04. The van der Waals surface area contributed by atoms with Crippen LogP contribution in [0, 0.1) is 5.82 Å². The van der Waals surface area contributed by atoms with E-state index in [2.05, 4.69) is 15.6 Å². The molecule has 1 amide bonds. The van der Waals surface area contributed by atoms with Gasteiger partial charge in [0.25, 0.3) is 5.91 Å². The summed E-state index contributed by atoms with van der Waals surface area (Å²) in [7, 11) is 0. The summed E-state index contributed by atoms with van der Waals surface area (Å²) >= 11 is 0. The van der Waals surface area contributed by atoms with Gasteiger partial charge in [0, 0.05) is 11.9 Å². The normalized spacial score (nSPS) is 10.2. The third-order valence-electron chi connectivity index (χ3n) is 3.58. The van der Waals surface area contributed by atoms with Crippen molar-refractivity contribution in [3.63, 3.8) is 0 Å². The van der Waals surface area contributed by atoms with Crippen LogP contribution in [-0.2, 0) is 0 Å². The van der Waals surface area contributed by atoms with E-state index in [0.29, 0.717) is 17.9 Å². The summed E-state index contributed by atoms with van der Waals surface area (Å²) in [6.45, 7) is 2.53. The third-order valence-corrected chi connectivity index (χ3v) is 3.58. The fraction of sp³-hybridized carbons (Fsp3) is 0.100. The molecule has 26 heavy (non-hydrogen) atoms. The van der Waals surface area contributed by atoms with Crippen molar-refractivity contribution < 1.29 is 13.9 Å². The second-order valence-electron chi connectivity index (χ2n) is 5.48. The van der Waals surface area contributed by atoms with E-state index in [-0.39, 0.29) is 5.69 Å². The van der Waals surface area contributed by atoms with Crippen molar-refractivity contribution in [1.29, 1.82) is 0 Å². The Kier molecular flexibility index (Phi) is 5.43. The van der Waals surface area contributed by atoms with Crippen LogP contribution >= 0.6 is 0 Å². The van der Waals surface area contributed by atoms with Crippen LogP contribution in [0.25, 0.3) is 0 Å². The van der Waals surface area contributed by atoms with Gasteiger partial charge in [0.2, 0.25) is 0 Å². The lowest BCUT2D eigenvalue weighted by molar-refractivity contribution is 0.102. The van der Waals surface area contributed by atoms with Gasteiger partial charge in [-0.1, -0.05) is 12.1 Å². The van der Waals surface area contributed by atoms with Crippen molar-refractivity contribution in [2.45, 2.75) is 6.92 Å². The molecule has 0 aliphatic heterocycles. The molecular formula is C20H18FN3O2. The Morgan fingerprint density at radius 3 is 2.58 bits per heavy atom. The van der Waals surface area contributed by atoms with Gasteiger partial charge in [-0.05, 0) is 49.4 Å². The van der Waals surface area contributed by atoms with Gasteiger partial charge in [0.05, 0.1) is 29.7 Å². The van der Waals surface area contributed by atoms with E-state index in [1.807, 2.05) is 31.2 Å². The molecule has 0 fully saturated rings. The number of hydrogen-bond acceptors (Lipinski definition) is 4. The zero-order valence-corrected chi connectivity index (χ0v) is 14.2. The number of aromatic nitrogens is 1. The Balaban J connectivity index is 1.71. The maximum Gasteiger partial charge on any atom is 0.257 e. The van der Waals surface area contributed by atoms with Gasteiger partial charge in [-0.25, -0.2) is 4.39 Å². The molecule has 1 heterocycles. The van der Waals surface area contributed by atoms with Gasteiger partial charge in [-0.2, -0.15) is 0 Å². The molecule has 2 N–H and O–H groups in total. The van der Waals surface area contributed by atoms with Gasteiger partial charge in [0.15, 0.2) is 0 Å². The van der Waals surface area contributed by atoms with E-state index >= 15 is 0 Å². The highest BCUT2D eigenvalue weighted by Gasteiger charge is 2.10. The standard InChI is InChI=1S/C20H18FN3O2/c1-2-26-17-9-7-15(8-10-17)23-16-11-14(12-22-13-16)20(25)24-19-6-4-3-5-18(19)21/h3-13,23H,2H2,1H3,(H,24,25). The summed E-state index contributed by atoms with van der Waals surface area (Å²) in [4.78, 5) is 16.4. The molecule has 0 spiro atoms. The molecule has 0 atom stereocenters. The highest BCUT2D eigenvalue weighted by atomic mass is 19.1. The minimum atomic E-state index is -0.488. The van der Waals surface area contributed by atoms with Gasteiger partial charge >= 0.3 is 0 Å². The molecule has 0 saturated heterocycles. The Hall–Kier alpha value is -3.41. The highest BCUT2D eigenvalue weighted by Crippen LogP contribution is 2.21. The Bertz CT molecular complexity index is 898. The monoisotopic (exact) mass is 351 g/mol. The zero-order valence-electron chi connectivity index (χ0n) is 14.2. The fourth-order valence-corrected chi connectivity index (χ4v) is 2.36. The first-order valence-electron chi connectivity index (χ1n) is 8.16. The predicted octanol–water partition coefficient (Wildman–Crippen LogP) is 4.62. The first kappa shape index (κ1) is 17.4. The second kappa shape index (κ2) is 8.11. The van der Waals surface area contributed by atoms with Crippen molar-refractivity contribution >= 4 is 23.0 Å². The number of amides is 1. The Labute approximate surface area is 150 Å². The number of hydrogen-bond donors (Lipinski definition) is 2. The number of para-hydroxylation sites is 1. The molecule has 2 aromatic carbocycles. The third kappa shape index (κ3) is 4.36. The molecule has 0 aliphatic carbocycles.